The molecule has 0 aliphatic rings. The molecule has 3 rings (SSSR count). The summed E-state index contributed by atoms with van der Waals surface area (Å²) in [5.41, 5.74) is 4.84. The molecule has 0 saturated heterocycles. The average molecular weight is 365 g/mol. The number of hydrogen-bond acceptors (Lipinski definition) is 5. The predicted octanol–water partition coefficient (Wildman–Crippen LogP) is 4.32. The van der Waals surface area contributed by atoms with Crippen LogP contribution in [-0.4, -0.2) is 22.3 Å². The summed E-state index contributed by atoms with van der Waals surface area (Å²) in [6.45, 7) is 7.83. The van der Waals surface area contributed by atoms with Crippen LogP contribution in [0.5, 0.6) is 5.75 Å². The Labute approximate surface area is 158 Å². The number of benzene rings is 2. The van der Waals surface area contributed by atoms with Crippen LogP contribution in [0.15, 0.2) is 47.1 Å². The van der Waals surface area contributed by atoms with Gasteiger partial charge >= 0.3 is 0 Å². The van der Waals surface area contributed by atoms with Crippen LogP contribution in [0.25, 0.3) is 11.3 Å². The van der Waals surface area contributed by atoms with Crippen molar-refractivity contribution in [1.29, 1.82) is 0 Å². The molecule has 1 heterocycles. The first kappa shape index (κ1) is 18.6. The molecule has 0 fully saturated rings. The first-order chi connectivity index (χ1) is 13.0. The second kappa shape index (κ2) is 8.03. The summed E-state index contributed by atoms with van der Waals surface area (Å²) < 4.78 is 10.6. The lowest BCUT2D eigenvalue weighted by Crippen LogP contribution is -2.30. The summed E-state index contributed by atoms with van der Waals surface area (Å²) in [5.74, 6) is 0.595. The summed E-state index contributed by atoms with van der Waals surface area (Å²) in [4.78, 5) is 12.5. The van der Waals surface area contributed by atoms with E-state index < -0.39 is 6.10 Å². The van der Waals surface area contributed by atoms with Gasteiger partial charge in [0.25, 0.3) is 5.91 Å². The van der Waals surface area contributed by atoms with Gasteiger partial charge in [0.15, 0.2) is 11.8 Å². The lowest BCUT2D eigenvalue weighted by Gasteiger charge is -2.14. The quantitative estimate of drug-likeness (QED) is 0.704. The number of carbonyl (C=O) groups excluding carboxylic acids is 1. The Balaban J connectivity index is 1.70. The number of hydrogen-bond donors (Lipinski definition) is 1. The second-order valence-electron chi connectivity index (χ2n) is 6.51. The number of aromatic nitrogens is 2. The summed E-state index contributed by atoms with van der Waals surface area (Å²) in [5, 5.41) is 10.5. The van der Waals surface area contributed by atoms with Crippen LogP contribution in [0.1, 0.15) is 30.5 Å². The predicted molar refractivity (Wildman–Crippen MR) is 104 cm³/mol. The van der Waals surface area contributed by atoms with Gasteiger partial charge in [0, 0.05) is 5.56 Å². The van der Waals surface area contributed by atoms with Crippen LogP contribution in [0.4, 0.5) is 5.82 Å². The molecule has 1 amide bonds. The molecular formula is C21H23N3O3. The highest BCUT2D eigenvalue weighted by molar-refractivity contribution is 5.96. The standard InChI is InChI=1S/C21H23N3O3/c1-5-16-7-10-18(11-8-16)26-15(4)21(25)22-20-19(23-27-24-20)17-9-6-13(2)14(3)12-17/h6-12,15H,5H2,1-4H3,(H,22,24,25)/t15-/m0/s1. The topological polar surface area (TPSA) is 77.2 Å². The van der Waals surface area contributed by atoms with Crippen molar-refractivity contribution < 1.29 is 14.2 Å². The number of anilines is 1. The van der Waals surface area contributed by atoms with Crippen molar-refractivity contribution in [1.82, 2.24) is 10.3 Å². The van der Waals surface area contributed by atoms with E-state index in [-0.39, 0.29) is 11.7 Å². The molecule has 0 saturated carbocycles. The van der Waals surface area contributed by atoms with Gasteiger partial charge in [-0.2, -0.15) is 0 Å². The molecule has 0 unspecified atom stereocenters. The normalized spacial score (nSPS) is 11.9. The first-order valence-electron chi connectivity index (χ1n) is 8.94. The van der Waals surface area contributed by atoms with Crippen LogP contribution in [0.3, 0.4) is 0 Å². The summed E-state index contributed by atoms with van der Waals surface area (Å²) in [6.07, 6.45) is 0.262. The van der Waals surface area contributed by atoms with Gasteiger partial charge in [-0.3, -0.25) is 4.79 Å². The molecule has 3 aromatic rings. The SMILES string of the molecule is CCc1ccc(O[C@@H](C)C(=O)Nc2nonc2-c2ccc(C)c(C)c2)cc1. The van der Waals surface area contributed by atoms with Gasteiger partial charge in [-0.15, -0.1) is 0 Å². The number of aryl methyl sites for hydroxylation is 3. The van der Waals surface area contributed by atoms with Crippen molar-refractivity contribution in [3.8, 4) is 17.0 Å². The van der Waals surface area contributed by atoms with Gasteiger partial charge in [0.2, 0.25) is 5.82 Å². The van der Waals surface area contributed by atoms with Crippen LogP contribution in [0, 0.1) is 13.8 Å². The number of nitrogens with one attached hydrogen (secondary N) is 1. The minimum Gasteiger partial charge on any atom is -0.481 e. The Bertz CT molecular complexity index is 932. The van der Waals surface area contributed by atoms with E-state index in [1.807, 2.05) is 56.3 Å². The van der Waals surface area contributed by atoms with Gasteiger partial charge in [0.05, 0.1) is 0 Å². The Morgan fingerprint density at radius 2 is 1.85 bits per heavy atom. The maximum absolute atomic E-state index is 12.5. The van der Waals surface area contributed by atoms with Crippen LogP contribution >= 0.6 is 0 Å². The summed E-state index contributed by atoms with van der Waals surface area (Å²) in [6, 6.07) is 13.6. The molecule has 0 spiro atoms. The lowest BCUT2D eigenvalue weighted by atomic mass is 10.0. The van der Waals surface area contributed by atoms with Gasteiger partial charge in [0.1, 0.15) is 5.75 Å². The number of rotatable bonds is 6. The Hall–Kier alpha value is -3.15. The zero-order chi connectivity index (χ0) is 19.4. The van der Waals surface area contributed by atoms with Crippen molar-refractivity contribution in [2.24, 2.45) is 0 Å². The zero-order valence-electron chi connectivity index (χ0n) is 15.9. The Kier molecular flexibility index (Phi) is 5.54. The molecule has 6 heteroatoms. The van der Waals surface area contributed by atoms with Gasteiger partial charge in [-0.05, 0) is 72.4 Å². The molecule has 6 nitrogen and oxygen atoms in total. The van der Waals surface area contributed by atoms with Crippen LogP contribution < -0.4 is 10.1 Å². The fourth-order valence-electron chi connectivity index (χ4n) is 2.63. The van der Waals surface area contributed by atoms with E-state index in [0.29, 0.717) is 11.4 Å². The molecule has 1 N–H and O–H groups in total. The van der Waals surface area contributed by atoms with E-state index in [0.717, 1.165) is 17.5 Å². The third-order valence-electron chi connectivity index (χ3n) is 4.52. The van der Waals surface area contributed by atoms with Gasteiger partial charge < -0.3 is 10.1 Å². The number of carbonyl (C=O) groups is 1. The van der Waals surface area contributed by atoms with Crippen molar-refractivity contribution in [3.05, 3.63) is 59.2 Å². The molecule has 1 aromatic heterocycles. The van der Waals surface area contributed by atoms with Crippen molar-refractivity contribution in [2.75, 3.05) is 5.32 Å². The number of ether oxygens (including phenoxy) is 1. The third-order valence-corrected chi connectivity index (χ3v) is 4.52. The zero-order valence-corrected chi connectivity index (χ0v) is 15.9. The Morgan fingerprint density at radius 1 is 1.11 bits per heavy atom. The smallest absolute Gasteiger partial charge is 0.266 e. The van der Waals surface area contributed by atoms with Crippen molar-refractivity contribution in [2.45, 2.75) is 40.2 Å². The minimum atomic E-state index is -0.693. The van der Waals surface area contributed by atoms with E-state index in [4.69, 9.17) is 9.37 Å². The molecular weight excluding hydrogens is 342 g/mol. The molecule has 140 valence electrons. The first-order valence-corrected chi connectivity index (χ1v) is 8.94. The third kappa shape index (κ3) is 4.34. The lowest BCUT2D eigenvalue weighted by molar-refractivity contribution is -0.122. The van der Waals surface area contributed by atoms with E-state index in [1.165, 1.54) is 11.1 Å². The fourth-order valence-corrected chi connectivity index (χ4v) is 2.63. The summed E-state index contributed by atoms with van der Waals surface area (Å²) in [7, 11) is 0. The second-order valence-corrected chi connectivity index (χ2v) is 6.51. The molecule has 2 aromatic carbocycles. The Morgan fingerprint density at radius 3 is 2.52 bits per heavy atom. The molecule has 1 atom stereocenters. The minimum absolute atomic E-state index is 0.278. The van der Waals surface area contributed by atoms with Crippen molar-refractivity contribution in [3.63, 3.8) is 0 Å². The fraction of sp³-hybridized carbons (Fsp3) is 0.286. The van der Waals surface area contributed by atoms with Crippen molar-refractivity contribution >= 4 is 11.7 Å². The summed E-state index contributed by atoms with van der Waals surface area (Å²) >= 11 is 0. The molecule has 0 aliphatic heterocycles. The highest BCUT2D eigenvalue weighted by atomic mass is 16.6. The number of amides is 1. The van der Waals surface area contributed by atoms with E-state index in [9.17, 15) is 4.79 Å². The maximum Gasteiger partial charge on any atom is 0.266 e. The maximum atomic E-state index is 12.5. The van der Waals surface area contributed by atoms with Gasteiger partial charge in [-0.25, -0.2) is 4.63 Å². The molecule has 0 bridgehead atoms. The van der Waals surface area contributed by atoms with E-state index in [2.05, 4.69) is 22.6 Å². The van der Waals surface area contributed by atoms with E-state index in [1.54, 1.807) is 6.92 Å². The van der Waals surface area contributed by atoms with Crippen LogP contribution in [0.2, 0.25) is 0 Å². The molecule has 0 aliphatic carbocycles. The average Bonchev–Trinajstić information content (AvgIpc) is 3.12. The largest absolute Gasteiger partial charge is 0.481 e. The molecule has 0 radical (unpaired) electrons. The number of nitrogens with zero attached hydrogens (tertiary/aromatic N) is 2. The van der Waals surface area contributed by atoms with E-state index >= 15 is 0 Å². The van der Waals surface area contributed by atoms with Crippen LogP contribution in [-0.2, 0) is 11.2 Å². The molecule has 27 heavy (non-hydrogen) atoms. The highest BCUT2D eigenvalue weighted by Crippen LogP contribution is 2.26. The highest BCUT2D eigenvalue weighted by Gasteiger charge is 2.20. The monoisotopic (exact) mass is 365 g/mol. The van der Waals surface area contributed by atoms with Gasteiger partial charge in [-0.1, -0.05) is 31.2 Å².